The highest BCUT2D eigenvalue weighted by Crippen LogP contribution is 2.51. The molecule has 3 aliphatic heterocycles. The Hall–Kier alpha value is -1.42. The molecule has 4 atom stereocenters. The predicted octanol–water partition coefficient (Wildman–Crippen LogP) is 1.87. The van der Waals surface area contributed by atoms with Crippen molar-refractivity contribution in [2.75, 3.05) is 5.32 Å². The number of carbonyl (C=O) groups excluding carboxylic acids is 1. The molecule has 4 heteroatoms. The number of amides is 1. The van der Waals surface area contributed by atoms with Crippen molar-refractivity contribution < 1.29 is 4.79 Å². The molecule has 1 amide bonds. The molecule has 4 bridgehead atoms. The van der Waals surface area contributed by atoms with E-state index in [-0.39, 0.29) is 5.91 Å². The van der Waals surface area contributed by atoms with Crippen LogP contribution in [0.25, 0.3) is 0 Å². The summed E-state index contributed by atoms with van der Waals surface area (Å²) in [4.78, 5) is 18.1. The molecular weight excluding hydrogens is 226 g/mol. The lowest BCUT2D eigenvalue weighted by Gasteiger charge is -2.31. The Kier molecular flexibility index (Phi) is 2.07. The number of aromatic nitrogens is 1. The molecule has 3 aliphatic rings. The smallest absolute Gasteiger partial charge is 0.222 e. The molecule has 1 aromatic rings. The molecule has 4 nitrogen and oxygen atoms in total. The number of anilines is 1. The van der Waals surface area contributed by atoms with E-state index in [2.05, 4.69) is 21.3 Å². The molecule has 0 aliphatic carbocycles. The van der Waals surface area contributed by atoms with Gasteiger partial charge in [0.25, 0.3) is 0 Å². The Labute approximate surface area is 106 Å². The van der Waals surface area contributed by atoms with Crippen LogP contribution in [-0.4, -0.2) is 27.9 Å². The van der Waals surface area contributed by atoms with Crippen LogP contribution >= 0.6 is 0 Å². The number of nitrogens with one attached hydrogen (secondary N) is 1. The van der Waals surface area contributed by atoms with Gasteiger partial charge < -0.3 is 5.32 Å². The average Bonchev–Trinajstić information content (AvgIpc) is 2.83. The van der Waals surface area contributed by atoms with Crippen LogP contribution in [0.2, 0.25) is 0 Å². The Morgan fingerprint density at radius 2 is 2.39 bits per heavy atom. The number of hydrogen-bond acceptors (Lipinski definition) is 3. The molecule has 0 aromatic carbocycles. The van der Waals surface area contributed by atoms with Crippen molar-refractivity contribution in [3.05, 3.63) is 23.4 Å². The zero-order chi connectivity index (χ0) is 12.3. The summed E-state index contributed by atoms with van der Waals surface area (Å²) in [5.74, 6) is 1.32. The fraction of sp³-hybridized carbons (Fsp3) is 0.571. The molecule has 0 saturated carbocycles. The van der Waals surface area contributed by atoms with Gasteiger partial charge in [-0.25, -0.2) is 4.98 Å². The summed E-state index contributed by atoms with van der Waals surface area (Å²) >= 11 is 0. The van der Waals surface area contributed by atoms with Gasteiger partial charge >= 0.3 is 0 Å². The highest BCUT2D eigenvalue weighted by atomic mass is 16.1. The summed E-state index contributed by atoms with van der Waals surface area (Å²) in [5, 5.41) is 2.77. The molecule has 2 saturated heterocycles. The molecule has 4 heterocycles. The molecule has 0 radical (unpaired) electrons. The molecule has 1 aromatic heterocycles. The van der Waals surface area contributed by atoms with Crippen molar-refractivity contribution in [2.24, 2.45) is 0 Å². The zero-order valence-electron chi connectivity index (χ0n) is 10.5. The van der Waals surface area contributed by atoms with E-state index >= 15 is 0 Å². The summed E-state index contributed by atoms with van der Waals surface area (Å²) < 4.78 is 0. The minimum absolute atomic E-state index is 0.0541. The molecule has 94 valence electrons. The maximum absolute atomic E-state index is 11.1. The number of nitrogens with zero attached hydrogens (tertiary/aromatic N) is 2. The van der Waals surface area contributed by atoms with E-state index in [1.165, 1.54) is 37.3 Å². The molecule has 4 rings (SSSR count). The second-order valence-electron chi connectivity index (χ2n) is 5.76. The number of carbonyl (C=O) groups is 1. The first kappa shape index (κ1) is 10.5. The number of rotatable bonds is 1. The molecule has 1 N–H and O–H groups in total. The van der Waals surface area contributed by atoms with E-state index in [4.69, 9.17) is 0 Å². The second kappa shape index (κ2) is 3.54. The first-order valence-corrected chi connectivity index (χ1v) is 6.74. The van der Waals surface area contributed by atoms with Crippen LogP contribution in [0.5, 0.6) is 0 Å². The van der Waals surface area contributed by atoms with Crippen LogP contribution in [0.1, 0.15) is 43.2 Å². The fourth-order valence-corrected chi connectivity index (χ4v) is 4.11. The largest absolute Gasteiger partial charge is 0.311 e. The highest BCUT2D eigenvalue weighted by molar-refractivity contribution is 5.87. The van der Waals surface area contributed by atoms with Gasteiger partial charge in [-0.2, -0.15) is 0 Å². The SMILES string of the molecule is CC(=O)Nc1cc2c(cn1)C1CC3CCC1N3C2. The van der Waals surface area contributed by atoms with E-state index in [1.807, 2.05) is 6.20 Å². The van der Waals surface area contributed by atoms with E-state index in [0.717, 1.165) is 18.6 Å². The van der Waals surface area contributed by atoms with Crippen molar-refractivity contribution >= 4 is 11.7 Å². The van der Waals surface area contributed by atoms with Gasteiger partial charge in [-0.3, -0.25) is 9.69 Å². The van der Waals surface area contributed by atoms with E-state index in [0.29, 0.717) is 11.7 Å². The summed E-state index contributed by atoms with van der Waals surface area (Å²) in [6.45, 7) is 2.56. The normalized spacial score (nSPS) is 35.4. The van der Waals surface area contributed by atoms with Gasteiger partial charge in [-0.05, 0) is 36.5 Å². The molecule has 4 unspecified atom stereocenters. The predicted molar refractivity (Wildman–Crippen MR) is 68.3 cm³/mol. The quantitative estimate of drug-likeness (QED) is 0.819. The van der Waals surface area contributed by atoms with Gasteiger partial charge in [0.1, 0.15) is 5.82 Å². The number of fused-ring (bicyclic) bond motifs is 2. The van der Waals surface area contributed by atoms with Gasteiger partial charge in [0.05, 0.1) is 0 Å². The molecule has 18 heavy (non-hydrogen) atoms. The standard InChI is InChI=1S/C14H17N3O/c1-8(18)16-14-4-9-7-17-10-2-3-13(17)11(5-10)12(9)6-15-14/h4,6,10-11,13H,2-3,5,7H2,1H3,(H,15,16,18). The van der Waals surface area contributed by atoms with E-state index in [1.54, 1.807) is 0 Å². The Morgan fingerprint density at radius 3 is 3.22 bits per heavy atom. The fourth-order valence-electron chi connectivity index (χ4n) is 4.11. The monoisotopic (exact) mass is 243 g/mol. The van der Waals surface area contributed by atoms with E-state index < -0.39 is 0 Å². The van der Waals surface area contributed by atoms with Crippen LogP contribution < -0.4 is 5.32 Å². The lowest BCUT2D eigenvalue weighted by Crippen LogP contribution is -2.33. The minimum atomic E-state index is -0.0541. The Morgan fingerprint density at radius 1 is 1.50 bits per heavy atom. The third-order valence-corrected chi connectivity index (χ3v) is 4.76. The zero-order valence-corrected chi connectivity index (χ0v) is 10.5. The molecule has 0 spiro atoms. The maximum Gasteiger partial charge on any atom is 0.222 e. The summed E-state index contributed by atoms with van der Waals surface area (Å²) in [7, 11) is 0. The lowest BCUT2D eigenvalue weighted by atomic mass is 9.82. The summed E-state index contributed by atoms with van der Waals surface area (Å²) in [6.07, 6.45) is 6.01. The van der Waals surface area contributed by atoms with Gasteiger partial charge in [-0.1, -0.05) is 0 Å². The summed E-state index contributed by atoms with van der Waals surface area (Å²) in [5.41, 5.74) is 2.78. The summed E-state index contributed by atoms with van der Waals surface area (Å²) in [6, 6.07) is 3.60. The third-order valence-electron chi connectivity index (χ3n) is 4.76. The van der Waals surface area contributed by atoms with Gasteiger partial charge in [0.2, 0.25) is 5.91 Å². The van der Waals surface area contributed by atoms with Crippen molar-refractivity contribution in [1.29, 1.82) is 0 Å². The Balaban J connectivity index is 1.71. The van der Waals surface area contributed by atoms with Crippen LogP contribution in [0, 0.1) is 0 Å². The maximum atomic E-state index is 11.1. The molecule has 2 fully saturated rings. The highest BCUT2D eigenvalue weighted by Gasteiger charge is 2.49. The van der Waals surface area contributed by atoms with Crippen molar-refractivity contribution in [1.82, 2.24) is 9.88 Å². The number of pyridine rings is 1. The third kappa shape index (κ3) is 1.35. The van der Waals surface area contributed by atoms with Crippen LogP contribution in [0.3, 0.4) is 0 Å². The second-order valence-corrected chi connectivity index (χ2v) is 5.76. The van der Waals surface area contributed by atoms with Gasteiger partial charge in [-0.15, -0.1) is 0 Å². The van der Waals surface area contributed by atoms with Crippen molar-refractivity contribution in [2.45, 2.75) is 50.7 Å². The van der Waals surface area contributed by atoms with Gasteiger partial charge in [0, 0.05) is 37.7 Å². The van der Waals surface area contributed by atoms with Gasteiger partial charge in [0.15, 0.2) is 0 Å². The van der Waals surface area contributed by atoms with E-state index in [9.17, 15) is 4.79 Å². The van der Waals surface area contributed by atoms with Crippen molar-refractivity contribution in [3.8, 4) is 0 Å². The van der Waals surface area contributed by atoms with Crippen LogP contribution in [0.15, 0.2) is 12.3 Å². The first-order valence-electron chi connectivity index (χ1n) is 6.74. The lowest BCUT2D eigenvalue weighted by molar-refractivity contribution is -0.114. The van der Waals surface area contributed by atoms with Crippen molar-refractivity contribution in [3.63, 3.8) is 0 Å². The topological polar surface area (TPSA) is 45.2 Å². The molecular formula is C14H17N3O. The number of hydrogen-bond donors (Lipinski definition) is 1. The van der Waals surface area contributed by atoms with Crippen LogP contribution in [-0.2, 0) is 11.3 Å². The average molecular weight is 243 g/mol. The first-order chi connectivity index (χ1) is 8.72. The van der Waals surface area contributed by atoms with Crippen LogP contribution in [0.4, 0.5) is 5.82 Å². The minimum Gasteiger partial charge on any atom is -0.311 e. The Bertz CT molecular complexity index is 528.